The first-order valence-electron chi connectivity index (χ1n) is 8.57. The molecule has 1 aromatic carbocycles. The number of rotatable bonds is 4. The lowest BCUT2D eigenvalue weighted by Gasteiger charge is -2.24. The molecule has 1 unspecified atom stereocenters. The highest BCUT2D eigenvalue weighted by Crippen LogP contribution is 2.39. The molecule has 2 fully saturated rings. The molecule has 6 nitrogen and oxygen atoms in total. The highest BCUT2D eigenvalue weighted by Gasteiger charge is 2.29. The van der Waals surface area contributed by atoms with Gasteiger partial charge in [0.15, 0.2) is 16.3 Å². The SMILES string of the molecule is S=c1n(C2CC2)cnn1CN1CCCC1c1ccc2c(c1)OCO2. The van der Waals surface area contributed by atoms with E-state index in [0.717, 1.165) is 35.9 Å². The first-order chi connectivity index (χ1) is 11.8. The number of hydrogen-bond donors (Lipinski definition) is 0. The van der Waals surface area contributed by atoms with Gasteiger partial charge in [0.1, 0.15) is 6.33 Å². The summed E-state index contributed by atoms with van der Waals surface area (Å²) in [7, 11) is 0. The minimum atomic E-state index is 0.320. The first-order valence-corrected chi connectivity index (χ1v) is 8.98. The molecule has 5 rings (SSSR count). The van der Waals surface area contributed by atoms with Gasteiger partial charge in [0.2, 0.25) is 6.79 Å². The van der Waals surface area contributed by atoms with Gasteiger partial charge in [0.25, 0.3) is 0 Å². The van der Waals surface area contributed by atoms with E-state index in [4.69, 9.17) is 21.7 Å². The standard InChI is InChI=1S/C17H20N4O2S/c24-17-20(13-4-5-13)9-18-21(17)10-19-7-1-2-14(19)12-3-6-15-16(8-12)23-11-22-15/h3,6,8-9,13-14H,1-2,4-5,7,10-11H2. The molecule has 1 saturated carbocycles. The summed E-state index contributed by atoms with van der Waals surface area (Å²) in [6.07, 6.45) is 6.69. The van der Waals surface area contributed by atoms with E-state index in [1.165, 1.54) is 24.8 Å². The molecular formula is C17H20N4O2S. The van der Waals surface area contributed by atoms with E-state index in [1.54, 1.807) is 0 Å². The summed E-state index contributed by atoms with van der Waals surface area (Å²) in [5, 5.41) is 4.52. The number of benzene rings is 1. The zero-order valence-corrected chi connectivity index (χ0v) is 14.2. The fourth-order valence-electron chi connectivity index (χ4n) is 3.72. The average molecular weight is 344 g/mol. The van der Waals surface area contributed by atoms with Crippen molar-refractivity contribution in [2.24, 2.45) is 0 Å². The summed E-state index contributed by atoms with van der Waals surface area (Å²) in [6, 6.07) is 7.25. The van der Waals surface area contributed by atoms with Crippen molar-refractivity contribution >= 4 is 12.2 Å². The highest BCUT2D eigenvalue weighted by atomic mass is 32.1. The fourth-order valence-corrected chi connectivity index (χ4v) is 4.02. The fraction of sp³-hybridized carbons (Fsp3) is 0.529. The van der Waals surface area contributed by atoms with Crippen LogP contribution >= 0.6 is 12.2 Å². The summed E-state index contributed by atoms with van der Waals surface area (Å²) in [5.41, 5.74) is 1.28. The van der Waals surface area contributed by atoms with Crippen LogP contribution in [0.15, 0.2) is 24.5 Å². The van der Waals surface area contributed by atoms with Gasteiger partial charge in [-0.2, -0.15) is 5.10 Å². The van der Waals surface area contributed by atoms with Crippen molar-refractivity contribution in [3.8, 4) is 11.5 Å². The Morgan fingerprint density at radius 1 is 1.17 bits per heavy atom. The van der Waals surface area contributed by atoms with Crippen molar-refractivity contribution in [1.29, 1.82) is 0 Å². The van der Waals surface area contributed by atoms with Crippen molar-refractivity contribution in [3.05, 3.63) is 34.9 Å². The minimum Gasteiger partial charge on any atom is -0.454 e. The molecule has 24 heavy (non-hydrogen) atoms. The smallest absolute Gasteiger partial charge is 0.231 e. The van der Waals surface area contributed by atoms with Gasteiger partial charge in [-0.1, -0.05) is 6.07 Å². The average Bonchev–Trinajstić information content (AvgIpc) is 3.00. The molecule has 1 saturated heterocycles. The lowest BCUT2D eigenvalue weighted by atomic mass is 10.0. The molecule has 0 radical (unpaired) electrons. The Labute approximate surface area is 145 Å². The van der Waals surface area contributed by atoms with Crippen molar-refractivity contribution in [3.63, 3.8) is 0 Å². The van der Waals surface area contributed by atoms with Gasteiger partial charge < -0.3 is 14.0 Å². The van der Waals surface area contributed by atoms with Crippen molar-refractivity contribution in [2.75, 3.05) is 13.3 Å². The molecule has 0 bridgehead atoms. The van der Waals surface area contributed by atoms with Gasteiger partial charge in [-0.3, -0.25) is 4.90 Å². The third-order valence-corrected chi connectivity index (χ3v) is 5.58. The van der Waals surface area contributed by atoms with Gasteiger partial charge in [-0.15, -0.1) is 0 Å². The first kappa shape index (κ1) is 14.5. The third kappa shape index (κ3) is 2.43. The van der Waals surface area contributed by atoms with Crippen LogP contribution in [0.25, 0.3) is 0 Å². The second kappa shape index (κ2) is 5.60. The molecular weight excluding hydrogens is 324 g/mol. The zero-order chi connectivity index (χ0) is 16.1. The Kier molecular flexibility index (Phi) is 3.38. The number of fused-ring (bicyclic) bond motifs is 1. The van der Waals surface area contributed by atoms with Crippen molar-refractivity contribution in [2.45, 2.75) is 44.4 Å². The Balaban J connectivity index is 1.38. The molecule has 2 aliphatic heterocycles. The Bertz CT molecular complexity index is 826. The van der Waals surface area contributed by atoms with Crippen molar-refractivity contribution in [1.82, 2.24) is 19.2 Å². The molecule has 0 spiro atoms. The van der Waals surface area contributed by atoms with Gasteiger partial charge >= 0.3 is 0 Å². The van der Waals surface area contributed by atoms with E-state index in [-0.39, 0.29) is 0 Å². The van der Waals surface area contributed by atoms with E-state index in [0.29, 0.717) is 18.9 Å². The van der Waals surface area contributed by atoms with E-state index in [9.17, 15) is 0 Å². The van der Waals surface area contributed by atoms with Crippen LogP contribution in [0.5, 0.6) is 11.5 Å². The Morgan fingerprint density at radius 2 is 2.04 bits per heavy atom. The number of ether oxygens (including phenoxy) is 2. The summed E-state index contributed by atoms with van der Waals surface area (Å²) in [6.45, 7) is 2.13. The Hall–Kier alpha value is -1.86. The molecule has 0 N–H and O–H groups in total. The number of hydrogen-bond acceptors (Lipinski definition) is 5. The van der Waals surface area contributed by atoms with Crippen LogP contribution in [0.3, 0.4) is 0 Å². The number of nitrogens with zero attached hydrogens (tertiary/aromatic N) is 4. The number of likely N-dealkylation sites (tertiary alicyclic amines) is 1. The Morgan fingerprint density at radius 3 is 2.92 bits per heavy atom. The maximum atomic E-state index is 5.60. The van der Waals surface area contributed by atoms with Gasteiger partial charge in [-0.05, 0) is 55.6 Å². The van der Waals surface area contributed by atoms with Crippen LogP contribution in [-0.2, 0) is 6.67 Å². The predicted octanol–water partition coefficient (Wildman–Crippen LogP) is 3.27. The largest absolute Gasteiger partial charge is 0.454 e. The van der Waals surface area contributed by atoms with Crippen LogP contribution < -0.4 is 9.47 Å². The van der Waals surface area contributed by atoms with Crippen LogP contribution in [0.4, 0.5) is 0 Å². The van der Waals surface area contributed by atoms with Crippen LogP contribution in [-0.4, -0.2) is 32.6 Å². The predicted molar refractivity (Wildman–Crippen MR) is 90.6 cm³/mol. The zero-order valence-electron chi connectivity index (χ0n) is 13.4. The lowest BCUT2D eigenvalue weighted by molar-refractivity contribution is 0.173. The molecule has 1 aromatic heterocycles. The van der Waals surface area contributed by atoms with Crippen LogP contribution in [0.2, 0.25) is 0 Å². The number of aromatic nitrogens is 3. The summed E-state index contributed by atoms with van der Waals surface area (Å²) in [5.74, 6) is 1.70. The molecule has 7 heteroatoms. The van der Waals surface area contributed by atoms with Crippen LogP contribution in [0, 0.1) is 4.77 Å². The second-order valence-electron chi connectivity index (χ2n) is 6.78. The summed E-state index contributed by atoms with van der Waals surface area (Å²) >= 11 is 5.60. The third-order valence-electron chi connectivity index (χ3n) is 5.16. The van der Waals surface area contributed by atoms with Crippen LogP contribution in [0.1, 0.15) is 43.3 Å². The topological polar surface area (TPSA) is 44.5 Å². The molecule has 3 aliphatic rings. The second-order valence-corrected chi connectivity index (χ2v) is 7.14. The quantitative estimate of drug-likeness (QED) is 0.797. The van der Waals surface area contributed by atoms with E-state index < -0.39 is 0 Å². The van der Waals surface area contributed by atoms with E-state index >= 15 is 0 Å². The van der Waals surface area contributed by atoms with Crippen molar-refractivity contribution < 1.29 is 9.47 Å². The summed E-state index contributed by atoms with van der Waals surface area (Å²) < 4.78 is 15.9. The molecule has 3 heterocycles. The molecule has 1 aliphatic carbocycles. The molecule has 1 atom stereocenters. The van der Waals surface area contributed by atoms with Gasteiger partial charge in [-0.25, -0.2) is 4.68 Å². The van der Waals surface area contributed by atoms with Gasteiger partial charge in [0.05, 0.1) is 6.67 Å². The summed E-state index contributed by atoms with van der Waals surface area (Å²) in [4.78, 5) is 2.46. The van der Waals surface area contributed by atoms with E-state index in [2.05, 4.69) is 26.7 Å². The lowest BCUT2D eigenvalue weighted by Crippen LogP contribution is -2.27. The maximum absolute atomic E-state index is 5.60. The highest BCUT2D eigenvalue weighted by molar-refractivity contribution is 7.71. The normalized spacial score (nSPS) is 23.1. The molecule has 0 amide bonds. The molecule has 126 valence electrons. The van der Waals surface area contributed by atoms with Gasteiger partial charge in [0, 0.05) is 18.6 Å². The van der Waals surface area contributed by atoms with E-state index in [1.807, 2.05) is 17.1 Å². The minimum absolute atomic E-state index is 0.320. The molecule has 2 aromatic rings. The maximum Gasteiger partial charge on any atom is 0.231 e. The monoisotopic (exact) mass is 344 g/mol.